The first kappa shape index (κ1) is 23.0. The molecule has 6 heteroatoms. The normalized spacial score (nSPS) is 26.8. The molecule has 3 aliphatic heterocycles. The summed E-state index contributed by atoms with van der Waals surface area (Å²) < 4.78 is 6.61. The number of fused-ring (bicyclic) bond motifs is 3. The van der Waals surface area contributed by atoms with Gasteiger partial charge in [-0.3, -0.25) is 14.5 Å². The molecule has 0 saturated carbocycles. The molecule has 0 unspecified atom stereocenters. The third-order valence-corrected chi connectivity index (χ3v) is 8.03. The summed E-state index contributed by atoms with van der Waals surface area (Å²) in [4.78, 5) is 31.1. The second-order valence-corrected chi connectivity index (χ2v) is 10.1. The lowest BCUT2D eigenvalue weighted by atomic mass is 9.83. The van der Waals surface area contributed by atoms with Gasteiger partial charge in [0.1, 0.15) is 0 Å². The molecule has 2 amide bonds. The minimum absolute atomic E-state index is 0.0450. The molecule has 184 valence electrons. The lowest BCUT2D eigenvalue weighted by Crippen LogP contribution is -2.47. The van der Waals surface area contributed by atoms with Crippen molar-refractivity contribution >= 4 is 23.2 Å². The number of rotatable bonds is 4. The Balaban J connectivity index is 1.27. The molecule has 0 aromatic heterocycles. The third kappa shape index (κ3) is 3.47. The summed E-state index contributed by atoms with van der Waals surface area (Å²) in [6, 6.07) is 25.3. The highest BCUT2D eigenvalue weighted by molar-refractivity contribution is 6.12. The fourth-order valence-corrected chi connectivity index (χ4v) is 6.26. The van der Waals surface area contributed by atoms with Gasteiger partial charge in [-0.1, -0.05) is 67.6 Å². The van der Waals surface area contributed by atoms with Gasteiger partial charge in [-0.15, -0.1) is 0 Å². The molecule has 0 aliphatic carbocycles. The molecule has 36 heavy (non-hydrogen) atoms. The van der Waals surface area contributed by atoms with Gasteiger partial charge >= 0.3 is 0 Å². The van der Waals surface area contributed by atoms with Gasteiger partial charge in [0.25, 0.3) is 5.91 Å². The van der Waals surface area contributed by atoms with Gasteiger partial charge in [-0.05, 0) is 42.2 Å². The van der Waals surface area contributed by atoms with Gasteiger partial charge < -0.3 is 14.7 Å². The maximum atomic E-state index is 14.0. The standard InChI is InChI=1S/C30H30N2O4/c1-20-15-25(17-28(34)31-18-22-10-6-5-9-21(22)16-24(31)19-33)36-30(20)26-13-7-8-14-27(26)32(29(30)35)23-11-3-2-4-12-23/h2-14,20,24-25,33H,15-19H2,1H3/t20-,24-,25-,30+/m0/s1. The van der Waals surface area contributed by atoms with E-state index in [4.69, 9.17) is 4.74 Å². The summed E-state index contributed by atoms with van der Waals surface area (Å²) in [5.74, 6) is -0.234. The van der Waals surface area contributed by atoms with Crippen molar-refractivity contribution in [3.05, 3.63) is 95.6 Å². The first-order chi connectivity index (χ1) is 17.5. The fourth-order valence-electron chi connectivity index (χ4n) is 6.26. The number of carbonyl (C=O) groups is 2. The molecule has 6 rings (SSSR count). The Kier molecular flexibility index (Phi) is 5.66. The van der Waals surface area contributed by atoms with E-state index < -0.39 is 5.60 Å². The van der Waals surface area contributed by atoms with Gasteiger partial charge in [0.05, 0.1) is 30.9 Å². The molecular formula is C30H30N2O4. The van der Waals surface area contributed by atoms with Gasteiger partial charge in [-0.2, -0.15) is 0 Å². The van der Waals surface area contributed by atoms with Crippen LogP contribution in [0.5, 0.6) is 0 Å². The number of aliphatic hydroxyl groups excluding tert-OH is 1. The fraction of sp³-hybridized carbons (Fsp3) is 0.333. The van der Waals surface area contributed by atoms with E-state index in [9.17, 15) is 14.7 Å². The summed E-state index contributed by atoms with van der Waals surface area (Å²) in [5, 5.41) is 10.0. The molecule has 3 aromatic carbocycles. The van der Waals surface area contributed by atoms with Crippen molar-refractivity contribution in [1.82, 2.24) is 4.90 Å². The van der Waals surface area contributed by atoms with Crippen molar-refractivity contribution in [3.8, 4) is 0 Å². The first-order valence-electron chi connectivity index (χ1n) is 12.7. The molecule has 3 heterocycles. The van der Waals surface area contributed by atoms with Crippen LogP contribution in [0, 0.1) is 5.92 Å². The average molecular weight is 483 g/mol. The van der Waals surface area contributed by atoms with Crippen LogP contribution in [0.15, 0.2) is 78.9 Å². The average Bonchev–Trinajstić information content (AvgIpc) is 3.37. The van der Waals surface area contributed by atoms with Crippen LogP contribution >= 0.6 is 0 Å². The van der Waals surface area contributed by atoms with Gasteiger partial charge in [0, 0.05) is 23.7 Å². The van der Waals surface area contributed by atoms with Crippen LogP contribution in [0.2, 0.25) is 0 Å². The smallest absolute Gasteiger partial charge is 0.268 e. The zero-order chi connectivity index (χ0) is 24.9. The minimum atomic E-state index is -1.11. The number of aliphatic hydroxyl groups is 1. The maximum absolute atomic E-state index is 14.0. The van der Waals surface area contributed by atoms with E-state index in [1.165, 1.54) is 5.56 Å². The van der Waals surface area contributed by atoms with Crippen molar-refractivity contribution in [3.63, 3.8) is 0 Å². The van der Waals surface area contributed by atoms with E-state index in [1.807, 2.05) is 79.7 Å². The third-order valence-electron chi connectivity index (χ3n) is 8.03. The van der Waals surface area contributed by atoms with Crippen molar-refractivity contribution in [2.24, 2.45) is 5.92 Å². The van der Waals surface area contributed by atoms with Crippen molar-refractivity contribution < 1.29 is 19.4 Å². The van der Waals surface area contributed by atoms with Crippen molar-refractivity contribution in [2.75, 3.05) is 11.5 Å². The quantitative estimate of drug-likeness (QED) is 0.601. The predicted molar refractivity (Wildman–Crippen MR) is 137 cm³/mol. The largest absolute Gasteiger partial charge is 0.394 e. The highest BCUT2D eigenvalue weighted by atomic mass is 16.5. The molecule has 1 spiro atoms. The lowest BCUT2D eigenvalue weighted by molar-refractivity contribution is -0.150. The Morgan fingerprint density at radius 1 is 1.00 bits per heavy atom. The Bertz CT molecular complexity index is 1310. The number of benzene rings is 3. The minimum Gasteiger partial charge on any atom is -0.394 e. The summed E-state index contributed by atoms with van der Waals surface area (Å²) >= 11 is 0. The number of para-hydroxylation sites is 2. The zero-order valence-corrected chi connectivity index (χ0v) is 20.3. The van der Waals surface area contributed by atoms with Gasteiger partial charge in [-0.25, -0.2) is 0 Å². The van der Waals surface area contributed by atoms with Gasteiger partial charge in [0.2, 0.25) is 5.91 Å². The molecule has 6 nitrogen and oxygen atoms in total. The molecule has 3 aromatic rings. The van der Waals surface area contributed by atoms with Crippen LogP contribution in [0.4, 0.5) is 11.4 Å². The van der Waals surface area contributed by atoms with Crippen LogP contribution in [0.1, 0.15) is 36.5 Å². The summed E-state index contributed by atoms with van der Waals surface area (Å²) in [6.07, 6.45) is 1.06. The number of anilines is 2. The number of nitrogens with zero attached hydrogens (tertiary/aromatic N) is 2. The molecule has 3 aliphatic rings. The second-order valence-electron chi connectivity index (χ2n) is 10.1. The number of carbonyl (C=O) groups excluding carboxylic acids is 2. The summed E-state index contributed by atoms with van der Waals surface area (Å²) in [5.41, 5.74) is 3.69. The number of hydrogen-bond donors (Lipinski definition) is 1. The Hall–Kier alpha value is -3.48. The van der Waals surface area contributed by atoms with Crippen LogP contribution < -0.4 is 4.90 Å². The molecule has 0 bridgehead atoms. The van der Waals surface area contributed by atoms with E-state index in [2.05, 4.69) is 6.07 Å². The maximum Gasteiger partial charge on any atom is 0.268 e. The topological polar surface area (TPSA) is 70.1 Å². The summed E-state index contributed by atoms with van der Waals surface area (Å²) in [6.45, 7) is 2.45. The highest BCUT2D eigenvalue weighted by Gasteiger charge is 2.60. The van der Waals surface area contributed by atoms with Crippen LogP contribution in [0.3, 0.4) is 0 Å². The molecule has 1 N–H and O–H groups in total. The van der Waals surface area contributed by atoms with Gasteiger partial charge in [0.15, 0.2) is 5.60 Å². The zero-order valence-electron chi connectivity index (χ0n) is 20.3. The molecule has 0 radical (unpaired) electrons. The highest BCUT2D eigenvalue weighted by Crippen LogP contribution is 2.55. The molecular weight excluding hydrogens is 452 g/mol. The Labute approximate surface area is 211 Å². The van der Waals surface area contributed by atoms with E-state index in [-0.39, 0.29) is 42.9 Å². The molecule has 4 atom stereocenters. The number of amides is 2. The van der Waals surface area contributed by atoms with E-state index >= 15 is 0 Å². The Morgan fingerprint density at radius 2 is 1.69 bits per heavy atom. The Morgan fingerprint density at radius 3 is 2.47 bits per heavy atom. The predicted octanol–water partition coefficient (Wildman–Crippen LogP) is 4.32. The van der Waals surface area contributed by atoms with Crippen LogP contribution in [-0.2, 0) is 32.9 Å². The summed E-state index contributed by atoms with van der Waals surface area (Å²) in [7, 11) is 0. The van der Waals surface area contributed by atoms with Crippen molar-refractivity contribution in [2.45, 2.75) is 50.5 Å². The monoisotopic (exact) mass is 482 g/mol. The second kappa shape index (κ2) is 8.87. The number of ether oxygens (including phenoxy) is 1. The molecule has 1 fully saturated rings. The van der Waals surface area contributed by atoms with E-state index in [0.717, 1.165) is 22.5 Å². The number of hydrogen-bond acceptors (Lipinski definition) is 4. The van der Waals surface area contributed by atoms with Crippen LogP contribution in [-0.4, -0.2) is 40.6 Å². The first-order valence-corrected chi connectivity index (χ1v) is 12.7. The van der Waals surface area contributed by atoms with E-state index in [0.29, 0.717) is 19.4 Å². The van der Waals surface area contributed by atoms with Crippen molar-refractivity contribution in [1.29, 1.82) is 0 Å². The lowest BCUT2D eigenvalue weighted by Gasteiger charge is -2.36. The molecule has 1 saturated heterocycles. The SMILES string of the molecule is C[C@H]1C[C@@H](CC(=O)N2Cc3ccccc3C[C@H]2CO)O[C@]12C(=O)N(c1ccccc1)c1ccccc12. The van der Waals surface area contributed by atoms with E-state index in [1.54, 1.807) is 9.80 Å². The van der Waals surface area contributed by atoms with Crippen LogP contribution in [0.25, 0.3) is 0 Å².